The molecule has 2 heterocycles. The van der Waals surface area contributed by atoms with E-state index in [1.54, 1.807) is 11.8 Å². The van der Waals surface area contributed by atoms with Crippen molar-refractivity contribution in [1.82, 2.24) is 25.9 Å². The van der Waals surface area contributed by atoms with Crippen molar-refractivity contribution in [1.29, 1.82) is 0 Å². The topological polar surface area (TPSA) is 57.5 Å². The number of benzene rings is 2. The van der Waals surface area contributed by atoms with Crippen molar-refractivity contribution in [3.63, 3.8) is 0 Å². The number of aromatic nitrogens is 2. The number of hydrazone groups is 1. The lowest BCUT2D eigenvalue weighted by Crippen LogP contribution is -2.40. The van der Waals surface area contributed by atoms with Crippen LogP contribution >= 0.6 is 11.8 Å². The lowest BCUT2D eigenvalue weighted by Gasteiger charge is -2.17. The first kappa shape index (κ1) is 17.6. The summed E-state index contributed by atoms with van der Waals surface area (Å²) >= 11 is 1.79. The minimum Gasteiger partial charge on any atom is -0.271 e. The summed E-state index contributed by atoms with van der Waals surface area (Å²) in [4.78, 5) is 0. The Labute approximate surface area is 163 Å². The molecule has 0 saturated carbocycles. The Morgan fingerprint density at radius 2 is 1.67 bits per heavy atom. The fourth-order valence-corrected chi connectivity index (χ4v) is 4.02. The highest BCUT2D eigenvalue weighted by atomic mass is 32.2. The van der Waals surface area contributed by atoms with Crippen molar-refractivity contribution < 1.29 is 0 Å². The van der Waals surface area contributed by atoms with Crippen molar-refractivity contribution in [2.45, 2.75) is 24.2 Å². The molecule has 2 N–H and O–H groups in total. The van der Waals surface area contributed by atoms with E-state index < -0.39 is 0 Å². The van der Waals surface area contributed by atoms with Gasteiger partial charge in [-0.25, -0.2) is 5.53 Å². The average molecular weight is 379 g/mol. The van der Waals surface area contributed by atoms with Crippen LogP contribution in [0.4, 0.5) is 0 Å². The average Bonchev–Trinajstić information content (AvgIpc) is 3.34. The fourth-order valence-electron chi connectivity index (χ4n) is 2.96. The molecule has 0 unspecified atom stereocenters. The molecule has 0 atom stereocenters. The first-order valence-corrected chi connectivity index (χ1v) is 9.96. The van der Waals surface area contributed by atoms with Gasteiger partial charge in [-0.1, -0.05) is 60.7 Å². The maximum absolute atomic E-state index is 4.67. The molecular formula is C20H22N6S. The fraction of sp³-hybridized carbons (Fsp3) is 0.200. The molecule has 0 spiro atoms. The molecule has 0 aliphatic carbocycles. The van der Waals surface area contributed by atoms with Gasteiger partial charge < -0.3 is 0 Å². The monoisotopic (exact) mass is 378 g/mol. The largest absolute Gasteiger partial charge is 0.271 e. The molecule has 4 rings (SSSR count). The predicted octanol–water partition coefficient (Wildman–Crippen LogP) is 3.23. The Morgan fingerprint density at radius 1 is 0.963 bits per heavy atom. The van der Waals surface area contributed by atoms with Gasteiger partial charge in [0.15, 0.2) is 5.84 Å². The highest BCUT2D eigenvalue weighted by Gasteiger charge is 2.24. The van der Waals surface area contributed by atoms with Gasteiger partial charge in [-0.05, 0) is 18.1 Å². The van der Waals surface area contributed by atoms with Crippen LogP contribution < -0.4 is 11.1 Å². The zero-order chi connectivity index (χ0) is 18.5. The van der Waals surface area contributed by atoms with Crippen LogP contribution in [0.1, 0.15) is 23.6 Å². The van der Waals surface area contributed by atoms with E-state index in [9.17, 15) is 0 Å². The number of hydrogen-bond acceptors (Lipinski definition) is 6. The van der Waals surface area contributed by atoms with Gasteiger partial charge in [0.25, 0.3) is 0 Å². The molecule has 7 heteroatoms. The zero-order valence-electron chi connectivity index (χ0n) is 15.2. The van der Waals surface area contributed by atoms with Gasteiger partial charge in [-0.3, -0.25) is 9.69 Å². The number of hydrogen-bond donors (Lipinski definition) is 2. The van der Waals surface area contributed by atoms with Gasteiger partial charge in [0.05, 0.1) is 18.3 Å². The highest BCUT2D eigenvalue weighted by molar-refractivity contribution is 7.98. The lowest BCUT2D eigenvalue weighted by atomic mass is 10.2. The number of nitrogens with zero attached hydrogens (tertiary/aromatic N) is 4. The van der Waals surface area contributed by atoms with Gasteiger partial charge in [0, 0.05) is 12.3 Å². The van der Waals surface area contributed by atoms with Gasteiger partial charge in [-0.15, -0.1) is 22.4 Å². The van der Waals surface area contributed by atoms with Crippen molar-refractivity contribution >= 4 is 17.6 Å². The molecule has 3 aromatic rings. The Kier molecular flexibility index (Phi) is 5.41. The molecule has 1 aliphatic rings. The molecule has 0 fully saturated rings. The van der Waals surface area contributed by atoms with E-state index in [0.717, 1.165) is 35.3 Å². The summed E-state index contributed by atoms with van der Waals surface area (Å²) in [6, 6.07) is 20.9. The normalized spacial score (nSPS) is 13.5. The quantitative estimate of drug-likeness (QED) is 0.618. The number of amidine groups is 1. The molecule has 27 heavy (non-hydrogen) atoms. The van der Waals surface area contributed by atoms with Gasteiger partial charge in [-0.2, -0.15) is 5.10 Å². The molecule has 1 aliphatic heterocycles. The van der Waals surface area contributed by atoms with Crippen LogP contribution in [0.2, 0.25) is 0 Å². The van der Waals surface area contributed by atoms with E-state index in [1.807, 2.05) is 23.3 Å². The SMILES string of the molecule is CCN1NNN=C1c1cnn(Cc2ccccc2)c1SCc1ccccc1. The first-order valence-electron chi connectivity index (χ1n) is 8.98. The number of nitrogens with one attached hydrogen (secondary N) is 2. The van der Waals surface area contributed by atoms with E-state index in [2.05, 4.69) is 81.4 Å². The highest BCUT2D eigenvalue weighted by Crippen LogP contribution is 2.28. The molecule has 2 aromatic carbocycles. The third kappa shape index (κ3) is 3.99. The maximum atomic E-state index is 4.67. The molecule has 6 nitrogen and oxygen atoms in total. The maximum Gasteiger partial charge on any atom is 0.177 e. The zero-order valence-corrected chi connectivity index (χ0v) is 16.0. The number of rotatable bonds is 7. The summed E-state index contributed by atoms with van der Waals surface area (Å²) in [7, 11) is 0. The minimum absolute atomic E-state index is 0.734. The van der Waals surface area contributed by atoms with Crippen LogP contribution in [0.25, 0.3) is 0 Å². The van der Waals surface area contributed by atoms with Crippen LogP contribution in [-0.2, 0) is 12.3 Å². The molecule has 0 bridgehead atoms. The first-order chi connectivity index (χ1) is 13.3. The number of thioether (sulfide) groups is 1. The van der Waals surface area contributed by atoms with Gasteiger partial charge in [0.1, 0.15) is 5.03 Å². The summed E-state index contributed by atoms with van der Waals surface area (Å²) in [5, 5.41) is 12.2. The summed E-state index contributed by atoms with van der Waals surface area (Å²) in [6.07, 6.45) is 1.91. The third-order valence-electron chi connectivity index (χ3n) is 4.34. The summed E-state index contributed by atoms with van der Waals surface area (Å²) < 4.78 is 2.06. The summed E-state index contributed by atoms with van der Waals surface area (Å²) in [5.41, 5.74) is 9.45. The van der Waals surface area contributed by atoms with Crippen LogP contribution in [0, 0.1) is 0 Å². The van der Waals surface area contributed by atoms with Crippen molar-refractivity contribution in [3.8, 4) is 0 Å². The Bertz CT molecular complexity index is 907. The van der Waals surface area contributed by atoms with E-state index >= 15 is 0 Å². The molecular weight excluding hydrogens is 356 g/mol. The van der Waals surface area contributed by atoms with Crippen LogP contribution in [0.15, 0.2) is 77.0 Å². The van der Waals surface area contributed by atoms with Crippen molar-refractivity contribution in [3.05, 3.63) is 83.6 Å². The van der Waals surface area contributed by atoms with E-state index in [1.165, 1.54) is 11.1 Å². The Hall–Kier alpha value is -2.77. The Balaban J connectivity index is 1.64. The summed E-state index contributed by atoms with van der Waals surface area (Å²) in [5.74, 6) is 1.75. The molecule has 138 valence electrons. The predicted molar refractivity (Wildman–Crippen MR) is 109 cm³/mol. The smallest absolute Gasteiger partial charge is 0.177 e. The standard InChI is InChI=1S/C20H22N6S/c1-2-25-19(22-23-24-25)18-13-21-26(14-16-9-5-3-6-10-16)20(18)27-15-17-11-7-4-8-12-17/h3-13,23-24H,2,14-15H2,1H3. The van der Waals surface area contributed by atoms with Gasteiger partial charge in [0.2, 0.25) is 0 Å². The van der Waals surface area contributed by atoms with Crippen molar-refractivity contribution in [2.75, 3.05) is 6.54 Å². The third-order valence-corrected chi connectivity index (χ3v) is 5.53. The summed E-state index contributed by atoms with van der Waals surface area (Å²) in [6.45, 7) is 3.62. The second-order valence-electron chi connectivity index (χ2n) is 6.18. The van der Waals surface area contributed by atoms with Gasteiger partial charge >= 0.3 is 0 Å². The molecule has 1 aromatic heterocycles. The second kappa shape index (κ2) is 8.28. The molecule has 0 saturated heterocycles. The van der Waals surface area contributed by atoms with E-state index in [-0.39, 0.29) is 0 Å². The Morgan fingerprint density at radius 3 is 2.37 bits per heavy atom. The van der Waals surface area contributed by atoms with E-state index in [0.29, 0.717) is 0 Å². The number of hydrazine groups is 2. The van der Waals surface area contributed by atoms with E-state index in [4.69, 9.17) is 0 Å². The van der Waals surface area contributed by atoms with Crippen LogP contribution in [0.5, 0.6) is 0 Å². The molecule has 0 radical (unpaired) electrons. The second-order valence-corrected chi connectivity index (χ2v) is 7.15. The van der Waals surface area contributed by atoms with Crippen molar-refractivity contribution in [2.24, 2.45) is 5.10 Å². The molecule has 0 amide bonds. The van der Waals surface area contributed by atoms with Crippen LogP contribution in [0.3, 0.4) is 0 Å². The van der Waals surface area contributed by atoms with Crippen LogP contribution in [-0.4, -0.2) is 27.2 Å². The lowest BCUT2D eigenvalue weighted by molar-refractivity contribution is 0.308. The minimum atomic E-state index is 0.734.